The average molecular weight is 247 g/mol. The van der Waals surface area contributed by atoms with Crippen molar-refractivity contribution in [3.05, 3.63) is 35.9 Å². The topological polar surface area (TPSA) is 53.2 Å². The summed E-state index contributed by atoms with van der Waals surface area (Å²) in [6.07, 6.45) is 2.06. The summed E-state index contributed by atoms with van der Waals surface area (Å²) in [5.74, 6) is 0.133. The summed E-state index contributed by atoms with van der Waals surface area (Å²) in [7, 11) is 0. The maximum absolute atomic E-state index is 11.7. The fourth-order valence-corrected chi connectivity index (χ4v) is 2.13. The molecule has 1 heterocycles. The minimum atomic E-state index is 0.0270. The first-order valence-corrected chi connectivity index (χ1v) is 6.62. The lowest BCUT2D eigenvalue weighted by Crippen LogP contribution is -2.42. The van der Waals surface area contributed by atoms with Gasteiger partial charge in [-0.05, 0) is 24.9 Å². The van der Waals surface area contributed by atoms with Crippen LogP contribution in [0.1, 0.15) is 18.4 Å². The van der Waals surface area contributed by atoms with Crippen LogP contribution in [0.15, 0.2) is 30.3 Å². The van der Waals surface area contributed by atoms with Crippen LogP contribution < -0.4 is 16.0 Å². The summed E-state index contributed by atoms with van der Waals surface area (Å²) in [4.78, 5) is 11.7. The van der Waals surface area contributed by atoms with Crippen LogP contribution in [0.25, 0.3) is 0 Å². The number of hydrogen-bond donors (Lipinski definition) is 3. The predicted molar refractivity (Wildman–Crippen MR) is 72.2 cm³/mol. The summed E-state index contributed by atoms with van der Waals surface area (Å²) in [5, 5.41) is 9.45. The predicted octanol–water partition coefficient (Wildman–Crippen LogP) is 0.644. The molecule has 1 aliphatic heterocycles. The number of amides is 1. The highest BCUT2D eigenvalue weighted by atomic mass is 16.2. The highest BCUT2D eigenvalue weighted by molar-refractivity contribution is 5.81. The average Bonchev–Trinajstić information content (AvgIpc) is 2.93. The number of hydrogen-bond acceptors (Lipinski definition) is 3. The van der Waals surface area contributed by atoms with Gasteiger partial charge in [0.25, 0.3) is 0 Å². The van der Waals surface area contributed by atoms with Gasteiger partial charge in [0.2, 0.25) is 5.91 Å². The zero-order valence-electron chi connectivity index (χ0n) is 10.6. The van der Waals surface area contributed by atoms with Crippen molar-refractivity contribution in [2.24, 2.45) is 0 Å². The molecule has 0 radical (unpaired) electrons. The first kappa shape index (κ1) is 13.1. The Morgan fingerprint density at radius 2 is 2.11 bits per heavy atom. The zero-order valence-corrected chi connectivity index (χ0v) is 10.6. The Balaban J connectivity index is 1.54. The van der Waals surface area contributed by atoms with E-state index in [4.69, 9.17) is 0 Å². The van der Waals surface area contributed by atoms with Crippen LogP contribution in [0.3, 0.4) is 0 Å². The van der Waals surface area contributed by atoms with E-state index in [-0.39, 0.29) is 11.9 Å². The van der Waals surface area contributed by atoms with Crippen LogP contribution in [-0.2, 0) is 11.3 Å². The molecular weight excluding hydrogens is 226 g/mol. The Morgan fingerprint density at radius 3 is 2.83 bits per heavy atom. The summed E-state index contributed by atoms with van der Waals surface area (Å²) in [5.41, 5.74) is 1.27. The second kappa shape index (κ2) is 7.13. The number of carbonyl (C=O) groups excluding carboxylic acids is 1. The van der Waals surface area contributed by atoms with Crippen LogP contribution in [0.4, 0.5) is 0 Å². The Morgan fingerprint density at radius 1 is 1.28 bits per heavy atom. The summed E-state index contributed by atoms with van der Waals surface area (Å²) < 4.78 is 0. The maximum Gasteiger partial charge on any atom is 0.237 e. The van der Waals surface area contributed by atoms with Crippen molar-refractivity contribution < 1.29 is 4.79 Å². The third-order valence-electron chi connectivity index (χ3n) is 3.15. The molecule has 0 aliphatic carbocycles. The first-order chi connectivity index (χ1) is 8.86. The molecule has 4 nitrogen and oxygen atoms in total. The summed E-state index contributed by atoms with van der Waals surface area (Å²) in [6, 6.07) is 10.3. The van der Waals surface area contributed by atoms with E-state index in [0.717, 1.165) is 32.5 Å². The standard InChI is InChI=1S/C14H21N3O/c18-14(13-7-4-8-16-13)17-10-9-15-11-12-5-2-1-3-6-12/h1-3,5-6,13,15-16H,4,7-11H2,(H,17,18). The van der Waals surface area contributed by atoms with Crippen LogP contribution >= 0.6 is 0 Å². The van der Waals surface area contributed by atoms with Gasteiger partial charge in [-0.15, -0.1) is 0 Å². The van der Waals surface area contributed by atoms with E-state index in [1.165, 1.54) is 5.56 Å². The van der Waals surface area contributed by atoms with Crippen molar-refractivity contribution in [3.63, 3.8) is 0 Å². The molecule has 1 unspecified atom stereocenters. The van der Waals surface area contributed by atoms with Gasteiger partial charge in [-0.3, -0.25) is 4.79 Å². The highest BCUT2D eigenvalue weighted by Crippen LogP contribution is 2.04. The van der Waals surface area contributed by atoms with Gasteiger partial charge in [-0.1, -0.05) is 30.3 Å². The summed E-state index contributed by atoms with van der Waals surface area (Å²) >= 11 is 0. The van der Waals surface area contributed by atoms with Gasteiger partial charge in [0.15, 0.2) is 0 Å². The Kier molecular flexibility index (Phi) is 5.17. The second-order valence-electron chi connectivity index (χ2n) is 4.60. The quantitative estimate of drug-likeness (QED) is 0.647. The molecule has 1 aliphatic rings. The third kappa shape index (κ3) is 4.13. The first-order valence-electron chi connectivity index (χ1n) is 6.62. The molecule has 4 heteroatoms. The molecule has 1 saturated heterocycles. The van der Waals surface area contributed by atoms with E-state index < -0.39 is 0 Å². The van der Waals surface area contributed by atoms with Gasteiger partial charge in [0.05, 0.1) is 6.04 Å². The third-order valence-corrected chi connectivity index (χ3v) is 3.15. The largest absolute Gasteiger partial charge is 0.353 e. The lowest BCUT2D eigenvalue weighted by molar-refractivity contribution is -0.122. The SMILES string of the molecule is O=C(NCCNCc1ccccc1)C1CCCN1. The van der Waals surface area contributed by atoms with Gasteiger partial charge in [-0.25, -0.2) is 0 Å². The number of benzene rings is 1. The van der Waals surface area contributed by atoms with Crippen molar-refractivity contribution in [2.45, 2.75) is 25.4 Å². The summed E-state index contributed by atoms with van der Waals surface area (Å²) in [6.45, 7) is 3.29. The molecule has 3 N–H and O–H groups in total. The molecule has 1 atom stereocenters. The minimum Gasteiger partial charge on any atom is -0.353 e. The van der Waals surface area contributed by atoms with Gasteiger partial charge >= 0.3 is 0 Å². The Bertz CT molecular complexity index is 361. The monoisotopic (exact) mass is 247 g/mol. The highest BCUT2D eigenvalue weighted by Gasteiger charge is 2.20. The maximum atomic E-state index is 11.7. The van der Waals surface area contributed by atoms with Crippen molar-refractivity contribution in [2.75, 3.05) is 19.6 Å². The Hall–Kier alpha value is -1.39. The number of carbonyl (C=O) groups is 1. The second-order valence-corrected chi connectivity index (χ2v) is 4.60. The molecule has 98 valence electrons. The molecule has 0 saturated carbocycles. The van der Waals surface area contributed by atoms with E-state index in [1.807, 2.05) is 18.2 Å². The fourth-order valence-electron chi connectivity index (χ4n) is 2.13. The van der Waals surface area contributed by atoms with E-state index in [1.54, 1.807) is 0 Å². The van der Waals surface area contributed by atoms with Crippen LogP contribution in [0.5, 0.6) is 0 Å². The van der Waals surface area contributed by atoms with Crippen molar-refractivity contribution in [1.82, 2.24) is 16.0 Å². The van der Waals surface area contributed by atoms with E-state index in [2.05, 4.69) is 28.1 Å². The van der Waals surface area contributed by atoms with Gasteiger partial charge < -0.3 is 16.0 Å². The van der Waals surface area contributed by atoms with E-state index >= 15 is 0 Å². The smallest absolute Gasteiger partial charge is 0.237 e. The van der Waals surface area contributed by atoms with Crippen molar-refractivity contribution in [3.8, 4) is 0 Å². The molecule has 1 aromatic carbocycles. The molecule has 1 fully saturated rings. The van der Waals surface area contributed by atoms with E-state index in [0.29, 0.717) is 6.54 Å². The van der Waals surface area contributed by atoms with Crippen LogP contribution in [0, 0.1) is 0 Å². The molecule has 0 bridgehead atoms. The lowest BCUT2D eigenvalue weighted by Gasteiger charge is -2.11. The zero-order chi connectivity index (χ0) is 12.6. The van der Waals surface area contributed by atoms with Crippen LogP contribution in [-0.4, -0.2) is 31.6 Å². The molecule has 18 heavy (non-hydrogen) atoms. The molecule has 0 aromatic heterocycles. The molecule has 1 aromatic rings. The Labute approximate surface area is 108 Å². The number of rotatable bonds is 6. The van der Waals surface area contributed by atoms with Crippen molar-refractivity contribution in [1.29, 1.82) is 0 Å². The normalized spacial score (nSPS) is 18.8. The fraction of sp³-hybridized carbons (Fsp3) is 0.500. The molecular formula is C14H21N3O. The van der Waals surface area contributed by atoms with Gasteiger partial charge in [0.1, 0.15) is 0 Å². The van der Waals surface area contributed by atoms with Crippen LogP contribution in [0.2, 0.25) is 0 Å². The van der Waals surface area contributed by atoms with Gasteiger partial charge in [-0.2, -0.15) is 0 Å². The van der Waals surface area contributed by atoms with Crippen molar-refractivity contribution >= 4 is 5.91 Å². The molecule has 1 amide bonds. The van der Waals surface area contributed by atoms with E-state index in [9.17, 15) is 4.79 Å². The molecule has 0 spiro atoms. The number of nitrogens with one attached hydrogen (secondary N) is 3. The minimum absolute atomic E-state index is 0.0270. The molecule has 2 rings (SSSR count). The van der Waals surface area contributed by atoms with Gasteiger partial charge in [0, 0.05) is 19.6 Å². The lowest BCUT2D eigenvalue weighted by atomic mass is 10.2.